The third-order valence-electron chi connectivity index (χ3n) is 3.46. The van der Waals surface area contributed by atoms with Crippen LogP contribution in [0.4, 0.5) is 0 Å². The quantitative estimate of drug-likeness (QED) is 0.718. The number of benzene rings is 2. The largest absolute Gasteiger partial charge is 0.497 e. The van der Waals surface area contributed by atoms with E-state index in [2.05, 4.69) is 26.4 Å². The standard InChI is InChI=1S/C18H15BrN2O3/c1-23-14-6-4-5-12(9-14)17-10-13(21-24-17)11-20-18(22)15-7-2-3-8-16(15)19/h2-10H,11H2,1H3,(H,20,22). The fourth-order valence-corrected chi connectivity index (χ4v) is 2.68. The van der Waals surface area contributed by atoms with Crippen molar-refractivity contribution in [3.05, 3.63) is 70.3 Å². The molecule has 0 unspecified atom stereocenters. The summed E-state index contributed by atoms with van der Waals surface area (Å²) in [6, 6.07) is 16.6. The molecule has 1 N–H and O–H groups in total. The number of ether oxygens (including phenoxy) is 1. The van der Waals surface area contributed by atoms with Crippen LogP contribution in [0.2, 0.25) is 0 Å². The average molecular weight is 387 g/mol. The molecule has 3 aromatic rings. The van der Waals surface area contributed by atoms with Gasteiger partial charge in [0.25, 0.3) is 5.91 Å². The summed E-state index contributed by atoms with van der Waals surface area (Å²) in [5.74, 6) is 1.19. The maximum absolute atomic E-state index is 12.2. The lowest BCUT2D eigenvalue weighted by molar-refractivity contribution is 0.0949. The lowest BCUT2D eigenvalue weighted by atomic mass is 10.1. The van der Waals surface area contributed by atoms with Gasteiger partial charge >= 0.3 is 0 Å². The third kappa shape index (κ3) is 3.65. The van der Waals surface area contributed by atoms with Crippen LogP contribution in [0.25, 0.3) is 11.3 Å². The summed E-state index contributed by atoms with van der Waals surface area (Å²) in [5.41, 5.74) is 2.09. The van der Waals surface area contributed by atoms with E-state index in [1.807, 2.05) is 42.5 Å². The van der Waals surface area contributed by atoms with E-state index >= 15 is 0 Å². The van der Waals surface area contributed by atoms with Gasteiger partial charge in [-0.05, 0) is 40.2 Å². The first-order valence-corrected chi connectivity index (χ1v) is 8.09. The number of nitrogens with one attached hydrogen (secondary N) is 1. The average Bonchev–Trinajstić information content (AvgIpc) is 3.09. The Balaban J connectivity index is 1.68. The number of carbonyl (C=O) groups excluding carboxylic acids is 1. The number of hydrogen-bond donors (Lipinski definition) is 1. The summed E-state index contributed by atoms with van der Waals surface area (Å²) >= 11 is 3.36. The molecule has 1 amide bonds. The molecule has 0 saturated heterocycles. The summed E-state index contributed by atoms with van der Waals surface area (Å²) in [7, 11) is 1.61. The molecule has 0 aliphatic heterocycles. The topological polar surface area (TPSA) is 64.4 Å². The summed E-state index contributed by atoms with van der Waals surface area (Å²) in [4.78, 5) is 12.2. The number of amides is 1. The van der Waals surface area contributed by atoms with Crippen LogP contribution in [-0.2, 0) is 6.54 Å². The van der Waals surface area contributed by atoms with E-state index in [9.17, 15) is 4.79 Å². The first-order chi connectivity index (χ1) is 11.7. The Hall–Kier alpha value is -2.60. The summed E-state index contributed by atoms with van der Waals surface area (Å²) in [5, 5.41) is 6.82. The fraction of sp³-hybridized carbons (Fsp3) is 0.111. The van der Waals surface area contributed by atoms with Crippen molar-refractivity contribution >= 4 is 21.8 Å². The van der Waals surface area contributed by atoms with Gasteiger partial charge in [0.05, 0.1) is 19.2 Å². The Morgan fingerprint density at radius 3 is 2.83 bits per heavy atom. The molecule has 0 radical (unpaired) electrons. The third-order valence-corrected chi connectivity index (χ3v) is 4.15. The molecule has 3 rings (SSSR count). The first kappa shape index (κ1) is 16.3. The lowest BCUT2D eigenvalue weighted by Crippen LogP contribution is -2.23. The minimum Gasteiger partial charge on any atom is -0.497 e. The first-order valence-electron chi connectivity index (χ1n) is 7.30. The molecule has 0 bridgehead atoms. The van der Waals surface area contributed by atoms with Gasteiger partial charge in [0.1, 0.15) is 11.4 Å². The highest BCUT2D eigenvalue weighted by Crippen LogP contribution is 2.24. The summed E-state index contributed by atoms with van der Waals surface area (Å²) < 4.78 is 11.3. The predicted molar refractivity (Wildman–Crippen MR) is 93.8 cm³/mol. The summed E-state index contributed by atoms with van der Waals surface area (Å²) in [6.07, 6.45) is 0. The van der Waals surface area contributed by atoms with E-state index in [0.29, 0.717) is 17.0 Å². The zero-order chi connectivity index (χ0) is 16.9. The van der Waals surface area contributed by atoms with E-state index in [4.69, 9.17) is 9.26 Å². The Bertz CT molecular complexity index is 861. The minimum atomic E-state index is -0.173. The van der Waals surface area contributed by atoms with Gasteiger partial charge < -0.3 is 14.6 Å². The molecule has 0 saturated carbocycles. The van der Waals surface area contributed by atoms with Gasteiger partial charge in [-0.3, -0.25) is 4.79 Å². The normalized spacial score (nSPS) is 10.4. The van der Waals surface area contributed by atoms with Crippen molar-refractivity contribution in [2.45, 2.75) is 6.54 Å². The molecule has 0 aliphatic rings. The number of methoxy groups -OCH3 is 1. The van der Waals surface area contributed by atoms with Crippen LogP contribution in [0.15, 0.2) is 63.6 Å². The Morgan fingerprint density at radius 1 is 1.21 bits per heavy atom. The lowest BCUT2D eigenvalue weighted by Gasteiger charge is -2.04. The number of nitrogens with zero attached hydrogens (tertiary/aromatic N) is 1. The van der Waals surface area contributed by atoms with E-state index in [1.165, 1.54) is 0 Å². The van der Waals surface area contributed by atoms with Crippen LogP contribution >= 0.6 is 15.9 Å². The van der Waals surface area contributed by atoms with Crippen LogP contribution in [0.1, 0.15) is 16.1 Å². The number of hydrogen-bond acceptors (Lipinski definition) is 4. The van der Waals surface area contributed by atoms with Crippen LogP contribution in [0, 0.1) is 0 Å². The maximum Gasteiger partial charge on any atom is 0.252 e. The second kappa shape index (κ2) is 7.31. The highest BCUT2D eigenvalue weighted by molar-refractivity contribution is 9.10. The van der Waals surface area contributed by atoms with Gasteiger partial charge in [0, 0.05) is 16.1 Å². The molecule has 0 spiro atoms. The van der Waals surface area contributed by atoms with Gasteiger partial charge in [-0.2, -0.15) is 0 Å². The molecular weight excluding hydrogens is 372 g/mol. The van der Waals surface area contributed by atoms with Gasteiger partial charge in [0.15, 0.2) is 5.76 Å². The van der Waals surface area contributed by atoms with Gasteiger partial charge in [-0.1, -0.05) is 29.4 Å². The zero-order valence-corrected chi connectivity index (χ0v) is 14.5. The predicted octanol–water partition coefficient (Wildman–Crippen LogP) is 4.04. The Labute approximate surface area is 147 Å². The molecule has 24 heavy (non-hydrogen) atoms. The van der Waals surface area contributed by atoms with Crippen molar-refractivity contribution in [1.82, 2.24) is 10.5 Å². The highest BCUT2D eigenvalue weighted by atomic mass is 79.9. The van der Waals surface area contributed by atoms with Gasteiger partial charge in [-0.15, -0.1) is 0 Å². The van der Waals surface area contributed by atoms with Crippen molar-refractivity contribution in [3.8, 4) is 17.1 Å². The van der Waals surface area contributed by atoms with E-state index in [-0.39, 0.29) is 12.5 Å². The molecule has 2 aromatic carbocycles. The maximum atomic E-state index is 12.2. The van der Waals surface area contributed by atoms with Crippen LogP contribution in [-0.4, -0.2) is 18.2 Å². The molecule has 5 nitrogen and oxygen atoms in total. The minimum absolute atomic E-state index is 0.173. The number of carbonyl (C=O) groups is 1. The number of rotatable bonds is 5. The SMILES string of the molecule is COc1cccc(-c2cc(CNC(=O)c3ccccc3Br)no2)c1. The van der Waals surface area contributed by atoms with Gasteiger partial charge in [0.2, 0.25) is 0 Å². The van der Waals surface area contributed by atoms with Crippen LogP contribution in [0.5, 0.6) is 5.75 Å². The van der Waals surface area contributed by atoms with Crippen LogP contribution < -0.4 is 10.1 Å². The fourth-order valence-electron chi connectivity index (χ4n) is 2.22. The van der Waals surface area contributed by atoms with Crippen molar-refractivity contribution in [1.29, 1.82) is 0 Å². The van der Waals surface area contributed by atoms with Crippen molar-refractivity contribution < 1.29 is 14.1 Å². The molecule has 0 fully saturated rings. The smallest absolute Gasteiger partial charge is 0.252 e. The van der Waals surface area contributed by atoms with E-state index in [0.717, 1.165) is 15.8 Å². The zero-order valence-electron chi connectivity index (χ0n) is 13.0. The second-order valence-corrected chi connectivity index (χ2v) is 5.93. The van der Waals surface area contributed by atoms with Gasteiger partial charge in [-0.25, -0.2) is 0 Å². The van der Waals surface area contributed by atoms with E-state index < -0.39 is 0 Å². The van der Waals surface area contributed by atoms with Crippen molar-refractivity contribution in [2.75, 3.05) is 7.11 Å². The number of halogens is 1. The summed E-state index contributed by atoms with van der Waals surface area (Å²) in [6.45, 7) is 0.285. The molecule has 0 aliphatic carbocycles. The molecule has 1 heterocycles. The second-order valence-electron chi connectivity index (χ2n) is 5.08. The molecular formula is C18H15BrN2O3. The van der Waals surface area contributed by atoms with Crippen molar-refractivity contribution in [3.63, 3.8) is 0 Å². The highest BCUT2D eigenvalue weighted by Gasteiger charge is 2.11. The Kier molecular flexibility index (Phi) is 4.96. The van der Waals surface area contributed by atoms with E-state index in [1.54, 1.807) is 19.2 Å². The molecule has 6 heteroatoms. The molecule has 1 aromatic heterocycles. The molecule has 0 atom stereocenters. The Morgan fingerprint density at radius 2 is 2.04 bits per heavy atom. The van der Waals surface area contributed by atoms with Crippen LogP contribution in [0.3, 0.4) is 0 Å². The number of aromatic nitrogens is 1. The molecule has 122 valence electrons. The van der Waals surface area contributed by atoms with Crippen molar-refractivity contribution in [2.24, 2.45) is 0 Å². The monoisotopic (exact) mass is 386 g/mol.